The fraction of sp³-hybridized carbons (Fsp3) is 0.143. The van der Waals surface area contributed by atoms with Crippen LogP contribution in [-0.2, 0) is 29.4 Å². The van der Waals surface area contributed by atoms with Crippen molar-refractivity contribution in [3.05, 3.63) is 96.0 Å². The predicted octanol–water partition coefficient (Wildman–Crippen LogP) is 4.77. The van der Waals surface area contributed by atoms with Gasteiger partial charge in [0.05, 0.1) is 47.4 Å². The van der Waals surface area contributed by atoms with Crippen molar-refractivity contribution in [2.24, 2.45) is 7.05 Å². The molecule has 0 unspecified atom stereocenters. The van der Waals surface area contributed by atoms with Crippen molar-refractivity contribution < 1.29 is 31.9 Å². The number of rotatable bonds is 6. The zero-order valence-corrected chi connectivity index (χ0v) is 21.3. The van der Waals surface area contributed by atoms with Crippen LogP contribution in [0.1, 0.15) is 28.2 Å². The molecule has 0 fully saturated rings. The van der Waals surface area contributed by atoms with E-state index in [1.165, 1.54) is 47.4 Å². The lowest BCUT2D eigenvalue weighted by molar-refractivity contribution is -0.137. The average molecular weight is 564 g/mol. The maximum atomic E-state index is 15.0. The third kappa shape index (κ3) is 5.88. The number of aromatic nitrogens is 4. The van der Waals surface area contributed by atoms with E-state index in [2.05, 4.69) is 20.4 Å². The van der Waals surface area contributed by atoms with Crippen LogP contribution in [0.25, 0.3) is 22.5 Å². The molecule has 2 aromatic heterocycles. The molecular formula is C28H20F4N6O3. The highest BCUT2D eigenvalue weighted by Crippen LogP contribution is 2.38. The molecule has 0 saturated carbocycles. The third-order valence-corrected chi connectivity index (χ3v) is 6.18. The van der Waals surface area contributed by atoms with Gasteiger partial charge in [-0.1, -0.05) is 30.3 Å². The summed E-state index contributed by atoms with van der Waals surface area (Å²) in [6.07, 6.45) is 0.108. The van der Waals surface area contributed by atoms with Gasteiger partial charge in [-0.2, -0.15) is 18.3 Å². The summed E-state index contributed by atoms with van der Waals surface area (Å²) in [5.41, 5.74) is -1.64. The van der Waals surface area contributed by atoms with Gasteiger partial charge in [0.15, 0.2) is 5.78 Å². The number of halogens is 4. The van der Waals surface area contributed by atoms with Crippen molar-refractivity contribution in [1.82, 2.24) is 24.6 Å². The Labute approximate surface area is 230 Å². The highest BCUT2D eigenvalue weighted by Gasteiger charge is 2.36. The molecule has 0 aliphatic carbocycles. The number of alkyl halides is 3. The second kappa shape index (κ2) is 10.8. The number of carbonyl (C=O) groups excluding carboxylic acids is 3. The van der Waals surface area contributed by atoms with Gasteiger partial charge in [-0.15, -0.1) is 0 Å². The summed E-state index contributed by atoms with van der Waals surface area (Å²) >= 11 is 0. The van der Waals surface area contributed by atoms with Gasteiger partial charge in [0.2, 0.25) is 5.91 Å². The SMILES string of the molecule is Cn1ccc(-c2cc(C(=O)Nc3cnc(CN4C=CC(=O)CC4=O)nc3-c3ccccc3)c(F)cc2C(F)(F)F)n1. The first-order chi connectivity index (χ1) is 19.5. The quantitative estimate of drug-likeness (QED) is 0.267. The molecule has 0 bridgehead atoms. The first kappa shape index (κ1) is 27.4. The summed E-state index contributed by atoms with van der Waals surface area (Å²) in [5, 5.41) is 6.48. The zero-order chi connectivity index (χ0) is 29.3. The van der Waals surface area contributed by atoms with Gasteiger partial charge < -0.3 is 10.2 Å². The summed E-state index contributed by atoms with van der Waals surface area (Å²) in [6, 6.07) is 11.0. The fourth-order valence-electron chi connectivity index (χ4n) is 4.20. The van der Waals surface area contributed by atoms with E-state index in [4.69, 9.17) is 0 Å². The fourth-order valence-corrected chi connectivity index (χ4v) is 4.20. The maximum absolute atomic E-state index is 15.0. The maximum Gasteiger partial charge on any atom is 0.417 e. The van der Waals surface area contributed by atoms with Gasteiger partial charge >= 0.3 is 6.18 Å². The van der Waals surface area contributed by atoms with Crippen LogP contribution < -0.4 is 5.32 Å². The largest absolute Gasteiger partial charge is 0.417 e. The highest BCUT2D eigenvalue weighted by molar-refractivity contribution is 6.07. The van der Waals surface area contributed by atoms with Crippen LogP contribution >= 0.6 is 0 Å². The normalized spacial score (nSPS) is 13.5. The number of anilines is 1. The van der Waals surface area contributed by atoms with Crippen molar-refractivity contribution in [1.29, 1.82) is 0 Å². The molecule has 1 aliphatic rings. The Bertz CT molecular complexity index is 1700. The van der Waals surface area contributed by atoms with Gasteiger partial charge in [0.25, 0.3) is 5.91 Å². The number of nitrogens with one attached hydrogen (secondary N) is 1. The van der Waals surface area contributed by atoms with Crippen LogP contribution in [0, 0.1) is 5.82 Å². The number of amides is 2. The molecule has 0 radical (unpaired) electrons. The summed E-state index contributed by atoms with van der Waals surface area (Å²) in [7, 11) is 1.51. The van der Waals surface area contributed by atoms with Gasteiger partial charge in [0, 0.05) is 30.6 Å². The van der Waals surface area contributed by atoms with E-state index >= 15 is 0 Å². The third-order valence-electron chi connectivity index (χ3n) is 6.18. The van der Waals surface area contributed by atoms with Crippen LogP contribution in [0.2, 0.25) is 0 Å². The Morgan fingerprint density at radius 2 is 1.85 bits per heavy atom. The molecule has 1 aliphatic heterocycles. The first-order valence-corrected chi connectivity index (χ1v) is 12.1. The van der Waals surface area contributed by atoms with Gasteiger partial charge in [-0.05, 0) is 24.3 Å². The van der Waals surface area contributed by atoms with Crippen molar-refractivity contribution in [3.63, 3.8) is 0 Å². The Balaban J connectivity index is 1.51. The molecule has 0 spiro atoms. The lowest BCUT2D eigenvalue weighted by atomic mass is 9.99. The Hall–Kier alpha value is -5.20. The number of benzene rings is 2. The standard InChI is InChI=1S/C28H20F4N6O3/c1-37-9-8-22(36-37)18-12-19(21(29)13-20(18)28(30,31)32)27(41)34-23-14-33-24(15-38-10-7-17(39)11-25(38)40)35-26(23)16-5-3-2-4-6-16/h2-10,12-14H,11,15H2,1H3,(H,34,41). The molecule has 4 aromatic rings. The van der Waals surface area contributed by atoms with Crippen LogP contribution in [0.5, 0.6) is 0 Å². The van der Waals surface area contributed by atoms with Gasteiger partial charge in [-0.3, -0.25) is 19.1 Å². The number of allylic oxidation sites excluding steroid dienone is 1. The Morgan fingerprint density at radius 3 is 2.51 bits per heavy atom. The van der Waals surface area contributed by atoms with Crippen molar-refractivity contribution in [3.8, 4) is 22.5 Å². The van der Waals surface area contributed by atoms with E-state index in [1.807, 2.05) is 0 Å². The minimum absolute atomic E-state index is 0.0549. The second-order valence-corrected chi connectivity index (χ2v) is 9.10. The van der Waals surface area contributed by atoms with E-state index < -0.39 is 40.5 Å². The summed E-state index contributed by atoms with van der Waals surface area (Å²) in [4.78, 5) is 46.9. The second-order valence-electron chi connectivity index (χ2n) is 9.10. The Kier molecular flexibility index (Phi) is 7.18. The molecule has 9 nitrogen and oxygen atoms in total. The topological polar surface area (TPSA) is 110 Å². The molecule has 3 heterocycles. The average Bonchev–Trinajstić information content (AvgIpc) is 3.36. The molecule has 5 rings (SSSR count). The molecule has 1 N–H and O–H groups in total. The zero-order valence-electron chi connectivity index (χ0n) is 21.3. The van der Waals surface area contributed by atoms with Gasteiger partial charge in [0.1, 0.15) is 11.6 Å². The number of nitrogens with zero attached hydrogens (tertiary/aromatic N) is 5. The molecule has 13 heteroatoms. The van der Waals surface area contributed by atoms with Crippen molar-refractivity contribution in [2.75, 3.05) is 5.32 Å². The molecule has 0 saturated heterocycles. The van der Waals surface area contributed by atoms with E-state index in [0.717, 1.165) is 6.07 Å². The summed E-state index contributed by atoms with van der Waals surface area (Å²) in [6.45, 7) is -0.0579. The lowest BCUT2D eigenvalue weighted by Gasteiger charge is -2.20. The number of hydrogen-bond donors (Lipinski definition) is 1. The van der Waals surface area contributed by atoms with E-state index in [0.29, 0.717) is 5.56 Å². The minimum atomic E-state index is -4.90. The summed E-state index contributed by atoms with van der Waals surface area (Å²) < 4.78 is 57.4. The minimum Gasteiger partial charge on any atom is -0.319 e. The molecular weight excluding hydrogens is 544 g/mol. The first-order valence-electron chi connectivity index (χ1n) is 12.1. The monoisotopic (exact) mass is 564 g/mol. The smallest absolute Gasteiger partial charge is 0.319 e. The number of aryl methyl sites for hydroxylation is 1. The molecule has 41 heavy (non-hydrogen) atoms. The summed E-state index contributed by atoms with van der Waals surface area (Å²) in [5.74, 6) is -2.97. The van der Waals surface area contributed by atoms with Gasteiger partial charge in [-0.25, -0.2) is 14.4 Å². The van der Waals surface area contributed by atoms with Crippen LogP contribution in [0.4, 0.5) is 23.2 Å². The molecule has 2 aromatic carbocycles. The van der Waals surface area contributed by atoms with E-state index in [9.17, 15) is 31.9 Å². The molecule has 208 valence electrons. The van der Waals surface area contributed by atoms with Crippen molar-refractivity contribution in [2.45, 2.75) is 19.1 Å². The van der Waals surface area contributed by atoms with Crippen LogP contribution in [-0.4, -0.2) is 42.2 Å². The molecule has 0 atom stereocenters. The van der Waals surface area contributed by atoms with Crippen LogP contribution in [0.15, 0.2) is 73.2 Å². The lowest BCUT2D eigenvalue weighted by Crippen LogP contribution is -2.31. The Morgan fingerprint density at radius 1 is 1.10 bits per heavy atom. The predicted molar refractivity (Wildman–Crippen MR) is 138 cm³/mol. The number of hydrogen-bond acceptors (Lipinski definition) is 6. The number of carbonyl (C=O) groups is 3. The van der Waals surface area contributed by atoms with E-state index in [1.54, 1.807) is 30.3 Å². The van der Waals surface area contributed by atoms with Crippen molar-refractivity contribution >= 4 is 23.3 Å². The van der Waals surface area contributed by atoms with Crippen LogP contribution in [0.3, 0.4) is 0 Å². The van der Waals surface area contributed by atoms with E-state index in [-0.39, 0.29) is 47.7 Å². The number of ketones is 1. The molecule has 2 amide bonds. The highest BCUT2D eigenvalue weighted by atomic mass is 19.4.